The first-order chi connectivity index (χ1) is 11.4. The smallest absolute Gasteiger partial charge is 0.139 e. The molecule has 0 saturated heterocycles. The zero-order chi connectivity index (χ0) is 17.2. The molecule has 2 aromatic heterocycles. The maximum atomic E-state index is 5.83. The molecule has 0 saturated carbocycles. The van der Waals surface area contributed by atoms with Gasteiger partial charge in [-0.1, -0.05) is 31.8 Å². The standard InChI is InChI=1S/C18H24N4OSi/c1-24(2,3)9-8-23-13-22-17-10-14(4-5-16(17)12-21-22)15-6-7-18(19)20-11-15/h4-7,10-12H,8-9,13H2,1-3H3,(H2,19,20). The Hall–Kier alpha value is -2.18. The van der Waals surface area contributed by atoms with Crippen molar-refractivity contribution < 1.29 is 4.74 Å². The summed E-state index contributed by atoms with van der Waals surface area (Å²) in [7, 11) is -1.06. The number of ether oxygens (including phenoxy) is 1. The number of nitrogen functional groups attached to an aromatic ring is 1. The summed E-state index contributed by atoms with van der Waals surface area (Å²) in [6, 6.07) is 11.2. The summed E-state index contributed by atoms with van der Waals surface area (Å²) in [5.74, 6) is 0.528. The number of fused-ring (bicyclic) bond motifs is 1. The van der Waals surface area contributed by atoms with Crippen LogP contribution in [0.25, 0.3) is 22.0 Å². The Balaban J connectivity index is 1.77. The number of nitrogens with two attached hydrogens (primary N) is 1. The van der Waals surface area contributed by atoms with E-state index in [4.69, 9.17) is 10.5 Å². The monoisotopic (exact) mass is 340 g/mol. The first-order valence-electron chi connectivity index (χ1n) is 8.18. The zero-order valence-electron chi connectivity index (χ0n) is 14.5. The van der Waals surface area contributed by atoms with E-state index in [0.29, 0.717) is 12.5 Å². The molecule has 1 aromatic carbocycles. The van der Waals surface area contributed by atoms with E-state index in [0.717, 1.165) is 34.7 Å². The lowest BCUT2D eigenvalue weighted by molar-refractivity contribution is 0.0817. The van der Waals surface area contributed by atoms with Gasteiger partial charge in [-0.3, -0.25) is 0 Å². The Kier molecular flexibility index (Phi) is 4.68. The van der Waals surface area contributed by atoms with Gasteiger partial charge in [0.2, 0.25) is 0 Å². The van der Waals surface area contributed by atoms with Crippen LogP contribution in [0.3, 0.4) is 0 Å². The van der Waals surface area contributed by atoms with Crippen LogP contribution in [0.1, 0.15) is 0 Å². The van der Waals surface area contributed by atoms with E-state index in [9.17, 15) is 0 Å². The fourth-order valence-electron chi connectivity index (χ4n) is 2.46. The fourth-order valence-corrected chi connectivity index (χ4v) is 3.22. The number of hydrogen-bond acceptors (Lipinski definition) is 4. The normalized spacial score (nSPS) is 12.0. The third-order valence-electron chi connectivity index (χ3n) is 3.97. The predicted molar refractivity (Wildman–Crippen MR) is 101 cm³/mol. The van der Waals surface area contributed by atoms with Crippen molar-refractivity contribution in [2.24, 2.45) is 0 Å². The fraction of sp³-hybridized carbons (Fsp3) is 0.333. The molecule has 0 spiro atoms. The molecule has 0 amide bonds. The first kappa shape index (κ1) is 16.7. The third kappa shape index (κ3) is 4.01. The first-order valence-corrected chi connectivity index (χ1v) is 11.9. The topological polar surface area (TPSA) is 66.0 Å². The second-order valence-electron chi connectivity index (χ2n) is 7.24. The van der Waals surface area contributed by atoms with Gasteiger partial charge in [0.25, 0.3) is 0 Å². The van der Waals surface area contributed by atoms with Gasteiger partial charge < -0.3 is 10.5 Å². The predicted octanol–water partition coefficient (Wildman–Crippen LogP) is 3.99. The van der Waals surface area contributed by atoms with E-state index in [1.807, 2.05) is 23.0 Å². The molecule has 2 heterocycles. The number of rotatable bonds is 6. The minimum absolute atomic E-state index is 0.484. The van der Waals surface area contributed by atoms with Crippen molar-refractivity contribution in [3.8, 4) is 11.1 Å². The zero-order valence-corrected chi connectivity index (χ0v) is 15.5. The molecule has 126 valence electrons. The molecule has 0 bridgehead atoms. The van der Waals surface area contributed by atoms with Crippen molar-refractivity contribution in [2.45, 2.75) is 32.4 Å². The summed E-state index contributed by atoms with van der Waals surface area (Å²) in [6.07, 6.45) is 3.67. The van der Waals surface area contributed by atoms with Crippen LogP contribution in [0.2, 0.25) is 25.7 Å². The molecule has 0 aliphatic rings. The number of anilines is 1. The average molecular weight is 341 g/mol. The molecule has 3 aromatic rings. The summed E-state index contributed by atoms with van der Waals surface area (Å²) in [6.45, 7) is 8.34. The maximum Gasteiger partial charge on any atom is 0.139 e. The van der Waals surface area contributed by atoms with Crippen molar-refractivity contribution in [3.63, 3.8) is 0 Å². The van der Waals surface area contributed by atoms with Gasteiger partial charge in [0.1, 0.15) is 12.5 Å². The Morgan fingerprint density at radius 1 is 1.08 bits per heavy atom. The Labute approximate surface area is 143 Å². The second-order valence-corrected chi connectivity index (χ2v) is 12.9. The van der Waals surface area contributed by atoms with Crippen molar-refractivity contribution in [1.82, 2.24) is 14.8 Å². The molecule has 0 atom stereocenters. The molecule has 24 heavy (non-hydrogen) atoms. The molecule has 6 heteroatoms. The van der Waals surface area contributed by atoms with Gasteiger partial charge in [0, 0.05) is 31.8 Å². The van der Waals surface area contributed by atoms with Crippen molar-refractivity contribution >= 4 is 24.8 Å². The van der Waals surface area contributed by atoms with E-state index >= 15 is 0 Å². The molecule has 0 fully saturated rings. The minimum Gasteiger partial charge on any atom is -0.384 e. The Bertz CT molecular complexity index is 821. The van der Waals surface area contributed by atoms with Crippen LogP contribution in [0.5, 0.6) is 0 Å². The lowest BCUT2D eigenvalue weighted by atomic mass is 10.1. The van der Waals surface area contributed by atoms with Crippen molar-refractivity contribution in [2.75, 3.05) is 12.3 Å². The Morgan fingerprint density at radius 2 is 1.88 bits per heavy atom. The number of pyridine rings is 1. The summed E-state index contributed by atoms with van der Waals surface area (Å²) >= 11 is 0. The highest BCUT2D eigenvalue weighted by atomic mass is 28.3. The molecule has 0 radical (unpaired) electrons. The van der Waals surface area contributed by atoms with Gasteiger partial charge in [-0.2, -0.15) is 5.10 Å². The maximum absolute atomic E-state index is 5.83. The highest BCUT2D eigenvalue weighted by Crippen LogP contribution is 2.24. The molecule has 5 nitrogen and oxygen atoms in total. The molecule has 3 rings (SSSR count). The third-order valence-corrected chi connectivity index (χ3v) is 5.68. The summed E-state index contributed by atoms with van der Waals surface area (Å²) in [5.41, 5.74) is 8.87. The molecular weight excluding hydrogens is 316 g/mol. The van der Waals surface area contributed by atoms with Crippen LogP contribution in [0, 0.1) is 0 Å². The highest BCUT2D eigenvalue weighted by Gasteiger charge is 2.12. The van der Waals surface area contributed by atoms with Crippen LogP contribution in [0.15, 0.2) is 42.7 Å². The number of hydrogen-bond donors (Lipinski definition) is 1. The summed E-state index contributed by atoms with van der Waals surface area (Å²) < 4.78 is 7.74. The SMILES string of the molecule is C[Si](C)(C)CCOCn1ncc2ccc(-c3ccc(N)nc3)cc21. The molecule has 0 aliphatic heterocycles. The van der Waals surface area contributed by atoms with Gasteiger partial charge in [0.05, 0.1) is 11.7 Å². The van der Waals surface area contributed by atoms with Gasteiger partial charge in [-0.05, 0) is 29.8 Å². The second kappa shape index (κ2) is 6.74. The minimum atomic E-state index is -1.06. The van der Waals surface area contributed by atoms with E-state index < -0.39 is 8.07 Å². The lowest BCUT2D eigenvalue weighted by Gasteiger charge is -2.15. The van der Waals surface area contributed by atoms with Gasteiger partial charge in [0.15, 0.2) is 0 Å². The van der Waals surface area contributed by atoms with Crippen LogP contribution in [-0.2, 0) is 11.5 Å². The molecule has 2 N–H and O–H groups in total. The quantitative estimate of drug-likeness (QED) is 0.544. The van der Waals surface area contributed by atoms with E-state index in [1.54, 1.807) is 6.20 Å². The molecule has 0 aliphatic carbocycles. The van der Waals surface area contributed by atoms with Crippen molar-refractivity contribution in [3.05, 3.63) is 42.7 Å². The van der Waals surface area contributed by atoms with Crippen LogP contribution < -0.4 is 5.73 Å². The lowest BCUT2D eigenvalue weighted by Crippen LogP contribution is -2.22. The Morgan fingerprint density at radius 3 is 2.58 bits per heavy atom. The summed E-state index contributed by atoms with van der Waals surface area (Å²) in [4.78, 5) is 4.16. The largest absolute Gasteiger partial charge is 0.384 e. The number of benzene rings is 1. The van der Waals surface area contributed by atoms with Crippen LogP contribution >= 0.6 is 0 Å². The van der Waals surface area contributed by atoms with Gasteiger partial charge >= 0.3 is 0 Å². The highest BCUT2D eigenvalue weighted by molar-refractivity contribution is 6.76. The van der Waals surface area contributed by atoms with Crippen LogP contribution in [0.4, 0.5) is 5.82 Å². The van der Waals surface area contributed by atoms with Crippen LogP contribution in [-0.4, -0.2) is 29.4 Å². The van der Waals surface area contributed by atoms with Gasteiger partial charge in [-0.15, -0.1) is 0 Å². The summed E-state index contributed by atoms with van der Waals surface area (Å²) in [5, 5.41) is 5.55. The number of aromatic nitrogens is 3. The average Bonchev–Trinajstić information content (AvgIpc) is 2.94. The van der Waals surface area contributed by atoms with E-state index in [2.05, 4.69) is 47.9 Å². The van der Waals surface area contributed by atoms with Crippen molar-refractivity contribution in [1.29, 1.82) is 0 Å². The van der Waals surface area contributed by atoms with Gasteiger partial charge in [-0.25, -0.2) is 9.67 Å². The van der Waals surface area contributed by atoms with E-state index in [-0.39, 0.29) is 0 Å². The molecular formula is C18H24N4OSi. The number of nitrogens with zero attached hydrogens (tertiary/aromatic N) is 3. The molecule has 0 unspecified atom stereocenters. The van der Waals surface area contributed by atoms with E-state index in [1.165, 1.54) is 0 Å².